The molecule has 0 bridgehead atoms. The van der Waals surface area contributed by atoms with Crippen LogP contribution in [0, 0.1) is 17.3 Å². The Labute approximate surface area is 212 Å². The first kappa shape index (κ1) is 30.1. The second-order valence-corrected chi connectivity index (χ2v) is 11.7. The van der Waals surface area contributed by atoms with Gasteiger partial charge in [0.15, 0.2) is 12.6 Å². The average molecular weight is 523 g/mol. The van der Waals surface area contributed by atoms with Crippen LogP contribution >= 0.6 is 0 Å². The Hall–Kier alpha value is -0.440. The van der Waals surface area contributed by atoms with Gasteiger partial charge >= 0.3 is 0 Å². The molecule has 0 aromatic carbocycles. The van der Waals surface area contributed by atoms with Crippen molar-refractivity contribution in [3.63, 3.8) is 0 Å². The maximum Gasteiger partial charge on any atom is 0.186 e. The Morgan fingerprint density at radius 1 is 0.833 bits per heavy atom. The fourth-order valence-corrected chi connectivity index (χ4v) is 6.10. The van der Waals surface area contributed by atoms with E-state index in [1.54, 1.807) is 0 Å². The van der Waals surface area contributed by atoms with E-state index in [1.165, 1.54) is 6.92 Å². The highest BCUT2D eigenvalue weighted by Crippen LogP contribution is 2.46. The van der Waals surface area contributed by atoms with Crippen molar-refractivity contribution in [1.29, 1.82) is 0 Å². The van der Waals surface area contributed by atoms with Crippen molar-refractivity contribution in [2.75, 3.05) is 6.61 Å². The Morgan fingerprint density at radius 3 is 2.08 bits per heavy atom. The molecule has 0 spiro atoms. The molecule has 212 valence electrons. The van der Waals surface area contributed by atoms with Crippen LogP contribution in [0.2, 0.25) is 0 Å². The summed E-state index contributed by atoms with van der Waals surface area (Å²) in [6, 6.07) is 0. The van der Waals surface area contributed by atoms with Gasteiger partial charge in [-0.25, -0.2) is 0 Å². The highest BCUT2D eigenvalue weighted by molar-refractivity contribution is 4.92. The zero-order chi connectivity index (χ0) is 26.9. The molecule has 2 heterocycles. The first-order valence-corrected chi connectivity index (χ1v) is 13.1. The van der Waals surface area contributed by atoms with Gasteiger partial charge in [-0.15, -0.1) is 0 Å². The molecule has 2 aliphatic heterocycles. The molecular weight excluding hydrogens is 476 g/mol. The standard InChI is InChI=1S/C25H46O11/c1-11-8-14(26)9-25(4,5)15(11)7-6-12(2)34-24-22(32)20(30)18(28)16(36-24)10-33-23-21(31)19(29)17(27)13(3)35-23/h11-24,26-32H,6-10H2,1-5H3/t11-,12-,13+,14+,15+,16-,17+,18+,19-,20+,21-,22-,23-,24-/m1/s1. The van der Waals surface area contributed by atoms with Gasteiger partial charge in [-0.3, -0.25) is 0 Å². The van der Waals surface area contributed by atoms with E-state index < -0.39 is 61.4 Å². The lowest BCUT2D eigenvalue weighted by atomic mass is 9.61. The first-order valence-electron chi connectivity index (χ1n) is 13.1. The van der Waals surface area contributed by atoms with Crippen molar-refractivity contribution in [3.05, 3.63) is 0 Å². The van der Waals surface area contributed by atoms with Crippen LogP contribution in [0.5, 0.6) is 0 Å². The molecule has 11 heteroatoms. The van der Waals surface area contributed by atoms with Crippen molar-refractivity contribution < 1.29 is 54.7 Å². The summed E-state index contributed by atoms with van der Waals surface area (Å²) in [5, 5.41) is 71.3. The van der Waals surface area contributed by atoms with Crippen molar-refractivity contribution in [1.82, 2.24) is 0 Å². The summed E-state index contributed by atoms with van der Waals surface area (Å²) in [5.41, 5.74) is -0.00668. The molecule has 14 atom stereocenters. The summed E-state index contributed by atoms with van der Waals surface area (Å²) >= 11 is 0. The van der Waals surface area contributed by atoms with Crippen LogP contribution in [-0.4, -0.2) is 116 Å². The van der Waals surface area contributed by atoms with Crippen molar-refractivity contribution >= 4 is 0 Å². The lowest BCUT2D eigenvalue weighted by Crippen LogP contribution is -2.61. The number of hydrogen-bond acceptors (Lipinski definition) is 11. The number of aliphatic hydroxyl groups is 7. The smallest absolute Gasteiger partial charge is 0.186 e. The van der Waals surface area contributed by atoms with Crippen LogP contribution in [0.1, 0.15) is 60.3 Å². The fourth-order valence-electron chi connectivity index (χ4n) is 6.10. The third-order valence-electron chi connectivity index (χ3n) is 8.25. The molecule has 0 unspecified atom stereocenters. The van der Waals surface area contributed by atoms with Gasteiger partial charge in [0.2, 0.25) is 0 Å². The van der Waals surface area contributed by atoms with Gasteiger partial charge in [-0.05, 0) is 56.8 Å². The molecule has 1 saturated carbocycles. The molecule has 0 radical (unpaired) electrons. The topological polar surface area (TPSA) is 179 Å². The summed E-state index contributed by atoms with van der Waals surface area (Å²) in [5.74, 6) is 0.765. The molecule has 3 rings (SSSR count). The minimum Gasteiger partial charge on any atom is -0.393 e. The lowest BCUT2D eigenvalue weighted by Gasteiger charge is -2.46. The van der Waals surface area contributed by atoms with Crippen LogP contribution in [0.25, 0.3) is 0 Å². The molecule has 3 fully saturated rings. The normalized spacial score (nSPS) is 48.5. The second-order valence-electron chi connectivity index (χ2n) is 11.7. The van der Waals surface area contributed by atoms with Gasteiger partial charge < -0.3 is 54.7 Å². The average Bonchev–Trinajstić information content (AvgIpc) is 2.78. The van der Waals surface area contributed by atoms with Crippen LogP contribution in [0.4, 0.5) is 0 Å². The SMILES string of the molecule is C[C@H](CC[C@H]1[C@H](C)C[C@H](O)CC1(C)C)O[C@@H]1O[C@H](CO[C@@H]2O[C@@H](C)[C@H](O)[C@@H](O)[C@H]2O)[C@H](O)[C@H](O)[C@H]1O. The minimum atomic E-state index is -1.55. The molecule has 0 aromatic heterocycles. The number of hydrogen-bond donors (Lipinski definition) is 7. The van der Waals surface area contributed by atoms with E-state index in [9.17, 15) is 35.7 Å². The minimum absolute atomic E-state index is 0.00668. The molecule has 7 N–H and O–H groups in total. The summed E-state index contributed by atoms with van der Waals surface area (Å²) in [4.78, 5) is 0. The molecular formula is C25H46O11. The fraction of sp³-hybridized carbons (Fsp3) is 1.00. The van der Waals surface area contributed by atoms with Crippen LogP contribution in [-0.2, 0) is 18.9 Å². The number of aliphatic hydroxyl groups excluding tert-OH is 7. The lowest BCUT2D eigenvalue weighted by molar-refractivity contribution is -0.332. The van der Waals surface area contributed by atoms with E-state index in [-0.39, 0.29) is 24.2 Å². The van der Waals surface area contributed by atoms with Crippen LogP contribution < -0.4 is 0 Å². The van der Waals surface area contributed by atoms with E-state index in [4.69, 9.17) is 18.9 Å². The van der Waals surface area contributed by atoms with Gasteiger partial charge in [-0.1, -0.05) is 20.8 Å². The Balaban J connectivity index is 1.54. The van der Waals surface area contributed by atoms with Crippen LogP contribution in [0.15, 0.2) is 0 Å². The van der Waals surface area contributed by atoms with Gasteiger partial charge in [0, 0.05) is 0 Å². The molecule has 2 saturated heterocycles. The first-order chi connectivity index (χ1) is 16.7. The van der Waals surface area contributed by atoms with E-state index in [0.29, 0.717) is 18.3 Å². The zero-order valence-electron chi connectivity index (χ0n) is 21.9. The highest BCUT2D eigenvalue weighted by atomic mass is 16.7. The van der Waals surface area contributed by atoms with Gasteiger partial charge in [0.25, 0.3) is 0 Å². The monoisotopic (exact) mass is 522 g/mol. The Bertz CT molecular complexity index is 693. The molecule has 0 aromatic rings. The van der Waals surface area contributed by atoms with Gasteiger partial charge in [0.05, 0.1) is 24.9 Å². The van der Waals surface area contributed by atoms with Crippen molar-refractivity contribution in [2.45, 2.75) is 134 Å². The molecule has 0 amide bonds. The van der Waals surface area contributed by atoms with E-state index >= 15 is 0 Å². The summed E-state index contributed by atoms with van der Waals surface area (Å²) in [7, 11) is 0. The Kier molecular flexibility index (Phi) is 10.2. The maximum atomic E-state index is 10.4. The molecule has 1 aliphatic carbocycles. The van der Waals surface area contributed by atoms with Crippen molar-refractivity contribution in [2.24, 2.45) is 17.3 Å². The Morgan fingerprint density at radius 2 is 1.44 bits per heavy atom. The quantitative estimate of drug-likeness (QED) is 0.213. The van der Waals surface area contributed by atoms with Gasteiger partial charge in [0.1, 0.15) is 42.7 Å². The summed E-state index contributed by atoms with van der Waals surface area (Å²) in [6.45, 7) is 9.55. The predicted molar refractivity (Wildman–Crippen MR) is 126 cm³/mol. The molecule has 3 aliphatic rings. The second kappa shape index (κ2) is 12.2. The van der Waals surface area contributed by atoms with E-state index in [1.807, 2.05) is 6.92 Å². The zero-order valence-corrected chi connectivity index (χ0v) is 21.9. The van der Waals surface area contributed by atoms with E-state index in [2.05, 4.69) is 20.8 Å². The number of ether oxygens (including phenoxy) is 4. The summed E-state index contributed by atoms with van der Waals surface area (Å²) < 4.78 is 22.6. The highest BCUT2D eigenvalue weighted by Gasteiger charge is 2.47. The predicted octanol–water partition coefficient (Wildman–Crippen LogP) is -0.743. The van der Waals surface area contributed by atoms with Crippen LogP contribution in [0.3, 0.4) is 0 Å². The van der Waals surface area contributed by atoms with Gasteiger partial charge in [-0.2, -0.15) is 0 Å². The van der Waals surface area contributed by atoms with Crippen molar-refractivity contribution in [3.8, 4) is 0 Å². The number of rotatable bonds is 8. The third-order valence-corrected chi connectivity index (χ3v) is 8.25. The molecule has 36 heavy (non-hydrogen) atoms. The maximum absolute atomic E-state index is 10.4. The third kappa shape index (κ3) is 6.76. The largest absolute Gasteiger partial charge is 0.393 e. The molecule has 11 nitrogen and oxygen atoms in total. The summed E-state index contributed by atoms with van der Waals surface area (Å²) in [6.07, 6.45) is -10.7. The van der Waals surface area contributed by atoms with E-state index in [0.717, 1.165) is 19.3 Å².